The summed E-state index contributed by atoms with van der Waals surface area (Å²) in [7, 11) is 0. The zero-order chi connectivity index (χ0) is 15.6. The van der Waals surface area contributed by atoms with Gasteiger partial charge in [0.05, 0.1) is 5.60 Å². The molecular weight excluding hydrogens is 270 g/mol. The van der Waals surface area contributed by atoms with Crippen LogP contribution in [0.1, 0.15) is 49.8 Å². The molecule has 0 spiro atoms. The Morgan fingerprint density at radius 2 is 2.29 bits per heavy atom. The predicted molar refractivity (Wildman–Crippen MR) is 79.4 cm³/mol. The molecule has 1 fully saturated rings. The third-order valence-electron chi connectivity index (χ3n) is 3.87. The summed E-state index contributed by atoms with van der Waals surface area (Å²) in [6.07, 6.45) is 2.92. The molecular formula is C15H23N3O3. The number of nitrogens with one attached hydrogen (secondary N) is 1. The summed E-state index contributed by atoms with van der Waals surface area (Å²) in [6.45, 7) is 8.86. The van der Waals surface area contributed by atoms with Crippen molar-refractivity contribution in [3.8, 4) is 0 Å². The summed E-state index contributed by atoms with van der Waals surface area (Å²) < 4.78 is 5.70. The predicted octanol–water partition coefficient (Wildman–Crippen LogP) is 1.50. The standard InChI is InChI=1S/C15H23N3O3/c1-5-18(11-6-7-21-15(3,4)8-11)14(20)12-9-16-10(2)17-13(12)19/h9,11H,5-8H2,1-4H3,(H,16,17,19)/t11-/m1/s1. The molecule has 2 rings (SSSR count). The molecule has 1 N–H and O–H groups in total. The number of hydrogen-bond acceptors (Lipinski definition) is 4. The smallest absolute Gasteiger partial charge is 0.263 e. The molecule has 1 aromatic rings. The second-order valence-electron chi connectivity index (χ2n) is 6.06. The van der Waals surface area contributed by atoms with Crippen LogP contribution in [0.4, 0.5) is 0 Å². The highest BCUT2D eigenvalue weighted by atomic mass is 16.5. The first-order chi connectivity index (χ1) is 9.84. The fourth-order valence-electron chi connectivity index (χ4n) is 2.82. The molecule has 1 aromatic heterocycles. The van der Waals surface area contributed by atoms with Gasteiger partial charge >= 0.3 is 0 Å². The van der Waals surface area contributed by atoms with Crippen molar-refractivity contribution in [1.82, 2.24) is 14.9 Å². The van der Waals surface area contributed by atoms with Crippen LogP contribution in [0.5, 0.6) is 0 Å². The fourth-order valence-corrected chi connectivity index (χ4v) is 2.82. The number of aromatic nitrogens is 2. The van der Waals surface area contributed by atoms with Crippen molar-refractivity contribution < 1.29 is 9.53 Å². The molecule has 1 aliphatic heterocycles. The second kappa shape index (κ2) is 5.97. The third-order valence-corrected chi connectivity index (χ3v) is 3.87. The molecule has 0 saturated carbocycles. The van der Waals surface area contributed by atoms with Crippen molar-refractivity contribution in [3.05, 3.63) is 27.9 Å². The molecule has 6 heteroatoms. The van der Waals surface area contributed by atoms with Gasteiger partial charge in [-0.1, -0.05) is 0 Å². The van der Waals surface area contributed by atoms with E-state index in [0.29, 0.717) is 19.0 Å². The molecule has 1 aliphatic rings. The SMILES string of the molecule is CCN(C(=O)c1cnc(C)[nH]c1=O)[C@@H]1CCOC(C)(C)C1. The molecule has 0 aromatic carbocycles. The van der Waals surface area contributed by atoms with Crippen LogP contribution in [-0.4, -0.2) is 45.6 Å². The number of carbonyl (C=O) groups excluding carboxylic acids is 1. The summed E-state index contributed by atoms with van der Waals surface area (Å²) in [6, 6.07) is 0.0898. The third kappa shape index (κ3) is 3.50. The molecule has 0 unspecified atom stereocenters. The maximum atomic E-state index is 12.6. The molecule has 21 heavy (non-hydrogen) atoms. The Kier molecular flexibility index (Phi) is 4.46. The number of H-pyrrole nitrogens is 1. The summed E-state index contributed by atoms with van der Waals surface area (Å²) >= 11 is 0. The molecule has 0 bridgehead atoms. The van der Waals surface area contributed by atoms with E-state index in [1.807, 2.05) is 20.8 Å². The van der Waals surface area contributed by atoms with Crippen molar-refractivity contribution in [2.24, 2.45) is 0 Å². The molecule has 1 saturated heterocycles. The van der Waals surface area contributed by atoms with Crippen LogP contribution < -0.4 is 5.56 Å². The lowest BCUT2D eigenvalue weighted by Crippen LogP contribution is -2.49. The maximum Gasteiger partial charge on any atom is 0.263 e. The molecule has 1 amide bonds. The van der Waals surface area contributed by atoms with E-state index in [-0.39, 0.29) is 28.7 Å². The van der Waals surface area contributed by atoms with Crippen LogP contribution in [0.2, 0.25) is 0 Å². The highest BCUT2D eigenvalue weighted by Gasteiger charge is 2.34. The van der Waals surface area contributed by atoms with E-state index in [1.165, 1.54) is 6.20 Å². The van der Waals surface area contributed by atoms with Gasteiger partial charge in [-0.3, -0.25) is 9.59 Å². The Balaban J connectivity index is 2.24. The zero-order valence-corrected chi connectivity index (χ0v) is 13.1. The first kappa shape index (κ1) is 15.7. The fraction of sp³-hybridized carbons (Fsp3) is 0.667. The topological polar surface area (TPSA) is 75.3 Å². The minimum absolute atomic E-state index is 0.0898. The Morgan fingerprint density at radius 3 is 2.86 bits per heavy atom. The average Bonchev–Trinajstić information content (AvgIpc) is 2.38. The van der Waals surface area contributed by atoms with Crippen molar-refractivity contribution in [2.75, 3.05) is 13.2 Å². The minimum atomic E-state index is -0.378. The van der Waals surface area contributed by atoms with Gasteiger partial charge in [-0.2, -0.15) is 0 Å². The normalized spacial score (nSPS) is 21.0. The van der Waals surface area contributed by atoms with Gasteiger partial charge < -0.3 is 14.6 Å². The molecule has 6 nitrogen and oxygen atoms in total. The van der Waals surface area contributed by atoms with Gasteiger partial charge in [0, 0.05) is 25.4 Å². The zero-order valence-electron chi connectivity index (χ0n) is 13.1. The van der Waals surface area contributed by atoms with Crippen LogP contribution in [0, 0.1) is 6.92 Å². The average molecular weight is 293 g/mol. The number of rotatable bonds is 3. The Morgan fingerprint density at radius 1 is 1.57 bits per heavy atom. The quantitative estimate of drug-likeness (QED) is 0.916. The number of aryl methyl sites for hydroxylation is 1. The van der Waals surface area contributed by atoms with Crippen molar-refractivity contribution >= 4 is 5.91 Å². The van der Waals surface area contributed by atoms with Gasteiger partial charge in [0.25, 0.3) is 11.5 Å². The van der Waals surface area contributed by atoms with Gasteiger partial charge in [0.1, 0.15) is 11.4 Å². The Labute approximate surface area is 124 Å². The van der Waals surface area contributed by atoms with Gasteiger partial charge in [0.2, 0.25) is 0 Å². The first-order valence-electron chi connectivity index (χ1n) is 7.35. The maximum absolute atomic E-state index is 12.6. The summed E-state index contributed by atoms with van der Waals surface area (Å²) in [5.74, 6) is 0.251. The van der Waals surface area contributed by atoms with Gasteiger partial charge in [-0.25, -0.2) is 4.98 Å². The van der Waals surface area contributed by atoms with Crippen molar-refractivity contribution in [3.63, 3.8) is 0 Å². The largest absolute Gasteiger partial charge is 0.375 e. The lowest BCUT2D eigenvalue weighted by molar-refractivity contribution is -0.0777. The lowest BCUT2D eigenvalue weighted by atomic mass is 9.92. The second-order valence-corrected chi connectivity index (χ2v) is 6.06. The molecule has 0 aliphatic carbocycles. The number of aromatic amines is 1. The van der Waals surface area contributed by atoms with Crippen LogP contribution >= 0.6 is 0 Å². The van der Waals surface area contributed by atoms with E-state index in [0.717, 1.165) is 12.8 Å². The van der Waals surface area contributed by atoms with Crippen LogP contribution in [0.3, 0.4) is 0 Å². The first-order valence-corrected chi connectivity index (χ1v) is 7.35. The number of nitrogens with zero attached hydrogens (tertiary/aromatic N) is 2. The monoisotopic (exact) mass is 293 g/mol. The van der Waals surface area contributed by atoms with E-state index >= 15 is 0 Å². The van der Waals surface area contributed by atoms with E-state index < -0.39 is 0 Å². The van der Waals surface area contributed by atoms with Crippen LogP contribution in [0.25, 0.3) is 0 Å². The lowest BCUT2D eigenvalue weighted by Gasteiger charge is -2.40. The highest BCUT2D eigenvalue weighted by molar-refractivity contribution is 5.93. The highest BCUT2D eigenvalue weighted by Crippen LogP contribution is 2.27. The number of amides is 1. The Hall–Kier alpha value is -1.69. The molecule has 116 valence electrons. The van der Waals surface area contributed by atoms with Crippen molar-refractivity contribution in [1.29, 1.82) is 0 Å². The van der Waals surface area contributed by atoms with Crippen LogP contribution in [0.15, 0.2) is 11.0 Å². The van der Waals surface area contributed by atoms with E-state index in [2.05, 4.69) is 9.97 Å². The van der Waals surface area contributed by atoms with Crippen molar-refractivity contribution in [2.45, 2.75) is 52.2 Å². The summed E-state index contributed by atoms with van der Waals surface area (Å²) in [5, 5.41) is 0. The summed E-state index contributed by atoms with van der Waals surface area (Å²) in [5.41, 5.74) is -0.516. The van der Waals surface area contributed by atoms with Gasteiger partial charge in [0.15, 0.2) is 0 Å². The van der Waals surface area contributed by atoms with E-state index in [1.54, 1.807) is 11.8 Å². The summed E-state index contributed by atoms with van der Waals surface area (Å²) in [4.78, 5) is 32.9. The Bertz CT molecular complexity index is 580. The molecule has 0 radical (unpaired) electrons. The molecule has 2 heterocycles. The number of ether oxygens (including phenoxy) is 1. The number of carbonyl (C=O) groups is 1. The number of hydrogen-bond donors (Lipinski definition) is 1. The van der Waals surface area contributed by atoms with Crippen LogP contribution in [-0.2, 0) is 4.74 Å². The van der Waals surface area contributed by atoms with Gasteiger partial charge in [-0.05, 0) is 40.5 Å². The van der Waals surface area contributed by atoms with E-state index in [9.17, 15) is 9.59 Å². The van der Waals surface area contributed by atoms with E-state index in [4.69, 9.17) is 4.74 Å². The molecule has 1 atom stereocenters. The minimum Gasteiger partial charge on any atom is -0.375 e. The van der Waals surface area contributed by atoms with Gasteiger partial charge in [-0.15, -0.1) is 0 Å².